The van der Waals surface area contributed by atoms with Crippen molar-refractivity contribution in [2.45, 2.75) is 110 Å². The second-order valence-electron chi connectivity index (χ2n) is 13.6. The highest BCUT2D eigenvalue weighted by atomic mass is 127. The van der Waals surface area contributed by atoms with Crippen LogP contribution in [0.15, 0.2) is 6.20 Å². The molecule has 0 spiro atoms. The average molecular weight is 559 g/mol. The number of hydrogen-bond acceptors (Lipinski definition) is 3. The van der Waals surface area contributed by atoms with E-state index in [2.05, 4.69) is 81.9 Å². The first-order valence-corrected chi connectivity index (χ1v) is 16.0. The van der Waals surface area contributed by atoms with E-state index < -0.39 is 8.32 Å². The van der Waals surface area contributed by atoms with E-state index >= 15 is 0 Å². The molecule has 0 saturated heterocycles. The molecular weight excluding hydrogens is 515 g/mol. The zero-order chi connectivity index (χ0) is 22.9. The van der Waals surface area contributed by atoms with Gasteiger partial charge in [-0.25, -0.2) is 0 Å². The summed E-state index contributed by atoms with van der Waals surface area (Å²) in [5.74, 6) is 0. The highest BCUT2D eigenvalue weighted by Crippen LogP contribution is 2.72. The third-order valence-electron chi connectivity index (χ3n) is 8.94. The standard InChI is InChI=1S/C25H43IN2O2Si/c1-19-20(26)11-27-28(19)18-24-13-22(5)12-23(6,14-24)16-25(15-22,17-24)29-9-10-30-31(7,8)21(2,3)4/h11H,9-10,12-18H2,1-8H3/t22-,23+,24?,25?. The van der Waals surface area contributed by atoms with Gasteiger partial charge in [0.1, 0.15) is 0 Å². The Labute approximate surface area is 204 Å². The SMILES string of the molecule is Cc1c(I)cnn1CC12CC3(OCCO[Si](C)(C)C(C)(C)C)C[C@](C)(C1)C[C@](C)(C2)C3. The first-order chi connectivity index (χ1) is 14.1. The fourth-order valence-corrected chi connectivity index (χ4v) is 9.25. The monoisotopic (exact) mass is 558 g/mol. The molecule has 0 radical (unpaired) electrons. The van der Waals surface area contributed by atoms with E-state index in [0.29, 0.717) is 16.2 Å². The molecule has 4 fully saturated rings. The van der Waals surface area contributed by atoms with Crippen LogP contribution in [0, 0.1) is 26.7 Å². The zero-order valence-corrected chi connectivity index (χ0v) is 24.2. The quantitative estimate of drug-likeness (QED) is 0.206. The fraction of sp³-hybridized carbons (Fsp3) is 0.880. The molecule has 0 amide bonds. The van der Waals surface area contributed by atoms with E-state index in [9.17, 15) is 0 Å². The number of hydrogen-bond donors (Lipinski definition) is 0. The van der Waals surface area contributed by atoms with Crippen LogP contribution in [-0.4, -0.2) is 36.9 Å². The van der Waals surface area contributed by atoms with Crippen molar-refractivity contribution in [3.05, 3.63) is 15.5 Å². The summed E-state index contributed by atoms with van der Waals surface area (Å²) in [7, 11) is -1.72. The summed E-state index contributed by atoms with van der Waals surface area (Å²) in [6, 6.07) is 0. The average Bonchev–Trinajstić information content (AvgIpc) is 2.86. The normalized spacial score (nSPS) is 37.6. The molecule has 4 bridgehead atoms. The van der Waals surface area contributed by atoms with Crippen LogP contribution < -0.4 is 0 Å². The summed E-state index contributed by atoms with van der Waals surface area (Å²) in [5, 5.41) is 4.99. The lowest BCUT2D eigenvalue weighted by atomic mass is 9.39. The number of aromatic nitrogens is 2. The predicted octanol–water partition coefficient (Wildman–Crippen LogP) is 6.95. The molecule has 0 aliphatic heterocycles. The maximum Gasteiger partial charge on any atom is 0.192 e. The van der Waals surface area contributed by atoms with Gasteiger partial charge in [0, 0.05) is 12.2 Å². The molecule has 4 nitrogen and oxygen atoms in total. The minimum absolute atomic E-state index is 0.0171. The van der Waals surface area contributed by atoms with Gasteiger partial charge in [0.2, 0.25) is 0 Å². The van der Waals surface area contributed by atoms with Crippen molar-refractivity contribution >= 4 is 30.9 Å². The van der Waals surface area contributed by atoms with E-state index in [1.807, 2.05) is 6.20 Å². The molecule has 31 heavy (non-hydrogen) atoms. The molecule has 4 saturated carbocycles. The van der Waals surface area contributed by atoms with Crippen LogP contribution in [0.2, 0.25) is 18.1 Å². The molecule has 176 valence electrons. The van der Waals surface area contributed by atoms with E-state index in [1.54, 1.807) is 0 Å². The van der Waals surface area contributed by atoms with Crippen LogP contribution in [0.1, 0.15) is 78.8 Å². The molecule has 4 atom stereocenters. The molecule has 2 unspecified atom stereocenters. The predicted molar refractivity (Wildman–Crippen MR) is 138 cm³/mol. The zero-order valence-electron chi connectivity index (χ0n) is 21.0. The van der Waals surface area contributed by atoms with Gasteiger partial charge in [-0.1, -0.05) is 34.6 Å². The van der Waals surface area contributed by atoms with Crippen molar-refractivity contribution in [2.75, 3.05) is 13.2 Å². The van der Waals surface area contributed by atoms with Crippen molar-refractivity contribution < 1.29 is 9.16 Å². The Hall–Kier alpha value is 0.0769. The van der Waals surface area contributed by atoms with Crippen molar-refractivity contribution in [1.29, 1.82) is 0 Å². The first-order valence-electron chi connectivity index (χ1n) is 12.1. The summed E-state index contributed by atoms with van der Waals surface area (Å²) in [6.07, 6.45) is 9.61. The third-order valence-corrected chi connectivity index (χ3v) is 14.5. The summed E-state index contributed by atoms with van der Waals surface area (Å²) in [6.45, 7) is 21.4. The summed E-state index contributed by atoms with van der Waals surface area (Å²) in [4.78, 5) is 0. The van der Waals surface area contributed by atoms with Gasteiger partial charge < -0.3 is 9.16 Å². The Morgan fingerprint density at radius 3 is 2.16 bits per heavy atom. The lowest BCUT2D eigenvalue weighted by Gasteiger charge is -2.69. The molecule has 4 aliphatic rings. The van der Waals surface area contributed by atoms with E-state index in [0.717, 1.165) is 19.8 Å². The fourth-order valence-electron chi connectivity index (χ4n) is 7.82. The molecule has 1 heterocycles. The summed E-state index contributed by atoms with van der Waals surface area (Å²) < 4.78 is 16.8. The highest BCUT2D eigenvalue weighted by Gasteiger charge is 2.66. The topological polar surface area (TPSA) is 36.3 Å². The number of nitrogens with zero attached hydrogens (tertiary/aromatic N) is 2. The molecule has 1 aromatic rings. The smallest absolute Gasteiger partial charge is 0.192 e. The van der Waals surface area contributed by atoms with Gasteiger partial charge in [0.05, 0.1) is 28.6 Å². The summed E-state index contributed by atoms with van der Waals surface area (Å²) in [5.41, 5.74) is 2.40. The van der Waals surface area contributed by atoms with Gasteiger partial charge in [-0.3, -0.25) is 4.68 Å². The molecule has 1 aromatic heterocycles. The number of ether oxygens (including phenoxy) is 1. The lowest BCUT2D eigenvalue weighted by molar-refractivity contribution is -0.249. The van der Waals surface area contributed by atoms with Gasteiger partial charge in [-0.2, -0.15) is 5.10 Å². The van der Waals surface area contributed by atoms with Crippen LogP contribution in [0.25, 0.3) is 0 Å². The van der Waals surface area contributed by atoms with Crippen molar-refractivity contribution in [2.24, 2.45) is 16.2 Å². The van der Waals surface area contributed by atoms with Gasteiger partial charge in [0.15, 0.2) is 8.32 Å². The van der Waals surface area contributed by atoms with Crippen LogP contribution in [0.5, 0.6) is 0 Å². The molecule has 6 heteroatoms. The first kappa shape index (κ1) is 24.2. The third kappa shape index (κ3) is 4.56. The van der Waals surface area contributed by atoms with Crippen LogP contribution in [0.4, 0.5) is 0 Å². The maximum absolute atomic E-state index is 6.84. The Morgan fingerprint density at radius 2 is 1.65 bits per heavy atom. The van der Waals surface area contributed by atoms with E-state index in [-0.39, 0.29) is 10.6 Å². The van der Waals surface area contributed by atoms with E-state index in [1.165, 1.54) is 47.8 Å². The molecule has 0 aromatic carbocycles. The Kier molecular flexibility index (Phi) is 5.89. The van der Waals surface area contributed by atoms with Crippen molar-refractivity contribution in [1.82, 2.24) is 9.78 Å². The largest absolute Gasteiger partial charge is 0.414 e. The van der Waals surface area contributed by atoms with Gasteiger partial charge in [-0.15, -0.1) is 0 Å². The molecular formula is C25H43IN2O2Si. The van der Waals surface area contributed by atoms with Crippen LogP contribution >= 0.6 is 22.6 Å². The lowest BCUT2D eigenvalue weighted by Crippen LogP contribution is -2.64. The molecule has 0 N–H and O–H groups in total. The Morgan fingerprint density at radius 1 is 1.03 bits per heavy atom. The molecule has 4 aliphatic carbocycles. The summed E-state index contributed by atoms with van der Waals surface area (Å²) >= 11 is 2.41. The van der Waals surface area contributed by atoms with Gasteiger partial charge >= 0.3 is 0 Å². The Bertz CT molecular complexity index is 825. The van der Waals surface area contributed by atoms with E-state index in [4.69, 9.17) is 14.3 Å². The van der Waals surface area contributed by atoms with Crippen LogP contribution in [0.3, 0.4) is 0 Å². The Balaban J connectivity index is 1.50. The minimum atomic E-state index is -1.72. The van der Waals surface area contributed by atoms with Crippen molar-refractivity contribution in [3.8, 4) is 0 Å². The molecule has 5 rings (SSSR count). The van der Waals surface area contributed by atoms with Crippen molar-refractivity contribution in [3.63, 3.8) is 0 Å². The second kappa shape index (κ2) is 7.54. The highest BCUT2D eigenvalue weighted by molar-refractivity contribution is 14.1. The van der Waals surface area contributed by atoms with Gasteiger partial charge in [0.25, 0.3) is 0 Å². The van der Waals surface area contributed by atoms with Gasteiger partial charge in [-0.05, 0) is 102 Å². The number of rotatable bonds is 7. The minimum Gasteiger partial charge on any atom is -0.414 e. The second-order valence-corrected chi connectivity index (χ2v) is 19.5. The number of halogens is 1. The van der Waals surface area contributed by atoms with Crippen LogP contribution in [-0.2, 0) is 15.7 Å². The maximum atomic E-state index is 6.84.